The van der Waals surface area contributed by atoms with Gasteiger partial charge in [-0.05, 0) is 36.5 Å². The molecule has 2 aliphatic carbocycles. The van der Waals surface area contributed by atoms with Gasteiger partial charge in [-0.3, -0.25) is 4.79 Å². The first-order chi connectivity index (χ1) is 6.77. The molecule has 1 heterocycles. The largest absolute Gasteiger partial charge is 0.465 e. The van der Waals surface area contributed by atoms with E-state index in [0.717, 1.165) is 6.42 Å². The molecule has 5 atom stereocenters. The zero-order chi connectivity index (χ0) is 9.71. The van der Waals surface area contributed by atoms with Crippen molar-refractivity contribution < 1.29 is 9.53 Å². The Labute approximate surface area is 84.3 Å². The van der Waals surface area contributed by atoms with E-state index in [1.165, 1.54) is 6.42 Å². The monoisotopic (exact) mass is 192 g/mol. The highest BCUT2D eigenvalue weighted by atomic mass is 16.5. The van der Waals surface area contributed by atoms with E-state index in [-0.39, 0.29) is 11.9 Å². The molecule has 0 aromatic heterocycles. The third-order valence-electron chi connectivity index (χ3n) is 4.27. The molecule has 2 heteroatoms. The highest BCUT2D eigenvalue weighted by Gasteiger charge is 2.51. The van der Waals surface area contributed by atoms with Crippen LogP contribution in [-0.4, -0.2) is 12.6 Å². The Morgan fingerprint density at radius 1 is 1.36 bits per heavy atom. The summed E-state index contributed by atoms with van der Waals surface area (Å²) in [6, 6.07) is 0. The van der Waals surface area contributed by atoms with E-state index in [1.807, 2.05) is 0 Å². The standard InChI is InChI=1S/C12H16O2/c1-7-4-5-14-12(13)11-9-3-2-8(6-9)10(7)11/h2-3,7-11H,4-6H2,1H3/t7-,8+,9-,10+,11-/m1/s1. The molecule has 2 bridgehead atoms. The van der Waals surface area contributed by atoms with Crippen molar-refractivity contribution in [2.75, 3.05) is 6.61 Å². The summed E-state index contributed by atoms with van der Waals surface area (Å²) in [5.74, 6) is 2.61. The van der Waals surface area contributed by atoms with Crippen LogP contribution in [0, 0.1) is 29.6 Å². The number of esters is 1. The maximum Gasteiger partial charge on any atom is 0.309 e. The van der Waals surface area contributed by atoms with Crippen LogP contribution < -0.4 is 0 Å². The number of carbonyl (C=O) groups is 1. The molecule has 2 fully saturated rings. The molecule has 3 aliphatic rings. The van der Waals surface area contributed by atoms with E-state index in [4.69, 9.17) is 4.74 Å². The van der Waals surface area contributed by atoms with Crippen molar-refractivity contribution in [2.45, 2.75) is 19.8 Å². The molecule has 0 aromatic rings. The van der Waals surface area contributed by atoms with Crippen molar-refractivity contribution in [1.82, 2.24) is 0 Å². The summed E-state index contributed by atoms with van der Waals surface area (Å²) >= 11 is 0. The normalized spacial score (nSPS) is 50.1. The van der Waals surface area contributed by atoms with Crippen LogP contribution in [0.2, 0.25) is 0 Å². The molecule has 1 aliphatic heterocycles. The first-order valence-electron chi connectivity index (χ1n) is 5.62. The average molecular weight is 192 g/mol. The Kier molecular flexibility index (Phi) is 1.73. The number of carbonyl (C=O) groups excluding carboxylic acids is 1. The zero-order valence-corrected chi connectivity index (χ0v) is 8.48. The van der Waals surface area contributed by atoms with Gasteiger partial charge in [-0.2, -0.15) is 0 Å². The molecule has 0 N–H and O–H groups in total. The van der Waals surface area contributed by atoms with Crippen molar-refractivity contribution in [3.63, 3.8) is 0 Å². The van der Waals surface area contributed by atoms with Crippen LogP contribution in [0.1, 0.15) is 19.8 Å². The van der Waals surface area contributed by atoms with E-state index in [9.17, 15) is 4.79 Å². The lowest BCUT2D eigenvalue weighted by molar-refractivity contribution is -0.149. The molecular weight excluding hydrogens is 176 g/mol. The predicted molar refractivity (Wildman–Crippen MR) is 52.5 cm³/mol. The molecule has 0 aromatic carbocycles. The number of allylic oxidation sites excluding steroid dienone is 2. The van der Waals surface area contributed by atoms with Crippen LogP contribution in [0.4, 0.5) is 0 Å². The second kappa shape index (κ2) is 2.85. The van der Waals surface area contributed by atoms with Crippen LogP contribution in [0.5, 0.6) is 0 Å². The van der Waals surface area contributed by atoms with Crippen molar-refractivity contribution in [1.29, 1.82) is 0 Å². The van der Waals surface area contributed by atoms with Gasteiger partial charge >= 0.3 is 5.97 Å². The third-order valence-corrected chi connectivity index (χ3v) is 4.27. The molecular formula is C12H16O2. The van der Waals surface area contributed by atoms with Crippen molar-refractivity contribution in [2.24, 2.45) is 29.6 Å². The topological polar surface area (TPSA) is 26.3 Å². The minimum absolute atomic E-state index is 0.0659. The molecule has 0 amide bonds. The average Bonchev–Trinajstić information content (AvgIpc) is 2.72. The van der Waals surface area contributed by atoms with Crippen LogP contribution in [0.3, 0.4) is 0 Å². The van der Waals surface area contributed by atoms with Crippen LogP contribution in [0.25, 0.3) is 0 Å². The van der Waals surface area contributed by atoms with Gasteiger partial charge in [0.2, 0.25) is 0 Å². The molecule has 14 heavy (non-hydrogen) atoms. The highest BCUT2D eigenvalue weighted by molar-refractivity contribution is 5.75. The highest BCUT2D eigenvalue weighted by Crippen LogP contribution is 2.52. The molecule has 0 spiro atoms. The third kappa shape index (κ3) is 0.999. The lowest BCUT2D eigenvalue weighted by atomic mass is 9.75. The van der Waals surface area contributed by atoms with Crippen LogP contribution in [-0.2, 0) is 9.53 Å². The van der Waals surface area contributed by atoms with E-state index >= 15 is 0 Å². The van der Waals surface area contributed by atoms with Gasteiger partial charge in [-0.15, -0.1) is 0 Å². The summed E-state index contributed by atoms with van der Waals surface area (Å²) in [7, 11) is 0. The number of rotatable bonds is 0. The van der Waals surface area contributed by atoms with E-state index in [0.29, 0.717) is 30.3 Å². The van der Waals surface area contributed by atoms with Crippen molar-refractivity contribution in [3.05, 3.63) is 12.2 Å². The summed E-state index contributed by atoms with van der Waals surface area (Å²) in [6.45, 7) is 2.90. The summed E-state index contributed by atoms with van der Waals surface area (Å²) < 4.78 is 5.27. The lowest BCUT2D eigenvalue weighted by Gasteiger charge is -2.27. The second-order valence-electron chi connectivity index (χ2n) is 4.98. The SMILES string of the molecule is C[C@@H]1CCOC(=O)[C@H]2[C@@H]1[C@H]1C=C[C@@H]2C1. The van der Waals surface area contributed by atoms with Gasteiger partial charge in [0.25, 0.3) is 0 Å². The number of ether oxygens (including phenoxy) is 1. The zero-order valence-electron chi connectivity index (χ0n) is 8.48. The minimum atomic E-state index is 0.0659. The van der Waals surface area contributed by atoms with Gasteiger partial charge in [0.05, 0.1) is 12.5 Å². The minimum Gasteiger partial charge on any atom is -0.465 e. The van der Waals surface area contributed by atoms with E-state index < -0.39 is 0 Å². The Bertz CT molecular complexity index is 295. The molecule has 1 saturated heterocycles. The number of fused-ring (bicyclic) bond motifs is 5. The maximum atomic E-state index is 11.8. The van der Waals surface area contributed by atoms with Gasteiger partial charge in [0, 0.05) is 0 Å². The van der Waals surface area contributed by atoms with Gasteiger partial charge < -0.3 is 4.74 Å². The lowest BCUT2D eigenvalue weighted by Crippen LogP contribution is -2.30. The molecule has 1 saturated carbocycles. The van der Waals surface area contributed by atoms with Crippen LogP contribution in [0.15, 0.2) is 12.2 Å². The Morgan fingerprint density at radius 3 is 3.00 bits per heavy atom. The number of hydrogen-bond donors (Lipinski definition) is 0. The molecule has 2 nitrogen and oxygen atoms in total. The Balaban J connectivity index is 1.97. The smallest absolute Gasteiger partial charge is 0.309 e. The van der Waals surface area contributed by atoms with Crippen LogP contribution >= 0.6 is 0 Å². The molecule has 0 unspecified atom stereocenters. The second-order valence-corrected chi connectivity index (χ2v) is 4.98. The fraction of sp³-hybridized carbons (Fsp3) is 0.750. The maximum absolute atomic E-state index is 11.8. The van der Waals surface area contributed by atoms with Crippen molar-refractivity contribution in [3.8, 4) is 0 Å². The summed E-state index contributed by atoms with van der Waals surface area (Å²) in [5.41, 5.74) is 0. The number of cyclic esters (lactones) is 1. The van der Waals surface area contributed by atoms with Gasteiger partial charge in [-0.25, -0.2) is 0 Å². The fourth-order valence-corrected chi connectivity index (χ4v) is 3.60. The molecule has 0 radical (unpaired) electrons. The van der Waals surface area contributed by atoms with Gasteiger partial charge in [-0.1, -0.05) is 19.1 Å². The molecule has 3 rings (SSSR count). The first kappa shape index (κ1) is 8.51. The van der Waals surface area contributed by atoms with Crippen molar-refractivity contribution >= 4 is 5.97 Å². The summed E-state index contributed by atoms with van der Waals surface area (Å²) in [4.78, 5) is 11.8. The van der Waals surface area contributed by atoms with Gasteiger partial charge in [0.15, 0.2) is 0 Å². The van der Waals surface area contributed by atoms with E-state index in [1.54, 1.807) is 0 Å². The summed E-state index contributed by atoms with van der Waals surface area (Å²) in [5, 5.41) is 0. The first-order valence-corrected chi connectivity index (χ1v) is 5.62. The quantitative estimate of drug-likeness (QED) is 0.433. The predicted octanol–water partition coefficient (Wildman–Crippen LogP) is 2.01. The fourth-order valence-electron chi connectivity index (χ4n) is 3.60. The number of hydrogen-bond acceptors (Lipinski definition) is 2. The Hall–Kier alpha value is -0.790. The molecule has 76 valence electrons. The van der Waals surface area contributed by atoms with E-state index in [2.05, 4.69) is 19.1 Å². The Morgan fingerprint density at radius 2 is 2.14 bits per heavy atom. The van der Waals surface area contributed by atoms with Gasteiger partial charge in [0.1, 0.15) is 0 Å². The summed E-state index contributed by atoms with van der Waals surface area (Å²) in [6.07, 6.45) is 6.78.